The van der Waals surface area contributed by atoms with Gasteiger partial charge < -0.3 is 5.32 Å². The average Bonchev–Trinajstić information content (AvgIpc) is 2.48. The number of nitrogens with one attached hydrogen (secondary N) is 1. The van der Waals surface area contributed by atoms with Crippen molar-refractivity contribution in [3.8, 4) is 0 Å². The van der Waals surface area contributed by atoms with Gasteiger partial charge in [0.1, 0.15) is 0 Å². The lowest BCUT2D eigenvalue weighted by Crippen LogP contribution is -2.15. The fourth-order valence-corrected chi connectivity index (χ4v) is 3.60. The van der Waals surface area contributed by atoms with Crippen LogP contribution in [0.25, 0.3) is 0 Å². The van der Waals surface area contributed by atoms with E-state index in [1.807, 2.05) is 20.8 Å². The van der Waals surface area contributed by atoms with E-state index >= 15 is 0 Å². The Kier molecular flexibility index (Phi) is 5.62. The van der Waals surface area contributed by atoms with Crippen molar-refractivity contribution in [3.63, 3.8) is 0 Å². The number of nitro groups is 1. The van der Waals surface area contributed by atoms with Crippen LogP contribution in [0.1, 0.15) is 22.3 Å². The average molecular weight is 344 g/mol. The van der Waals surface area contributed by atoms with Crippen molar-refractivity contribution >= 4 is 29.0 Å². The Morgan fingerprint density at radius 1 is 1.17 bits per heavy atom. The number of hydrogen-bond acceptors (Lipinski definition) is 4. The molecule has 0 aliphatic carbocycles. The second kappa shape index (κ2) is 7.49. The third kappa shape index (κ3) is 4.14. The molecule has 0 spiro atoms. The summed E-state index contributed by atoms with van der Waals surface area (Å²) in [5.74, 6) is 0.0790. The van der Waals surface area contributed by atoms with Crippen LogP contribution in [0.5, 0.6) is 0 Å². The first-order valence-electron chi connectivity index (χ1n) is 7.54. The molecule has 0 aliphatic heterocycles. The molecule has 1 N–H and O–H groups in total. The first-order valence-corrected chi connectivity index (χ1v) is 8.52. The van der Waals surface area contributed by atoms with E-state index in [0.29, 0.717) is 11.3 Å². The number of rotatable bonds is 5. The molecule has 24 heavy (non-hydrogen) atoms. The summed E-state index contributed by atoms with van der Waals surface area (Å²) in [6, 6.07) is 8.87. The molecular weight excluding hydrogens is 324 g/mol. The zero-order chi connectivity index (χ0) is 17.9. The number of carbonyl (C=O) groups is 1. The van der Waals surface area contributed by atoms with Crippen molar-refractivity contribution in [1.29, 1.82) is 0 Å². The Morgan fingerprint density at radius 3 is 2.38 bits per heavy atom. The van der Waals surface area contributed by atoms with Crippen LogP contribution in [0, 0.1) is 37.8 Å². The van der Waals surface area contributed by atoms with E-state index in [-0.39, 0.29) is 17.3 Å². The van der Waals surface area contributed by atoms with Gasteiger partial charge in [0.25, 0.3) is 5.69 Å². The lowest BCUT2D eigenvalue weighted by molar-refractivity contribution is -0.385. The van der Waals surface area contributed by atoms with Gasteiger partial charge in [0.15, 0.2) is 0 Å². The topological polar surface area (TPSA) is 72.2 Å². The highest BCUT2D eigenvalue weighted by Crippen LogP contribution is 2.28. The van der Waals surface area contributed by atoms with Crippen molar-refractivity contribution in [1.82, 2.24) is 0 Å². The van der Waals surface area contributed by atoms with Gasteiger partial charge in [0, 0.05) is 11.0 Å². The molecule has 0 saturated heterocycles. The summed E-state index contributed by atoms with van der Waals surface area (Å²) in [5.41, 5.74) is 4.45. The summed E-state index contributed by atoms with van der Waals surface area (Å²) >= 11 is 1.48. The van der Waals surface area contributed by atoms with Crippen LogP contribution >= 0.6 is 11.8 Å². The molecule has 0 aliphatic rings. The molecule has 126 valence electrons. The molecule has 1 amide bonds. The van der Waals surface area contributed by atoms with Crippen molar-refractivity contribution < 1.29 is 9.72 Å². The van der Waals surface area contributed by atoms with Crippen LogP contribution in [-0.4, -0.2) is 16.6 Å². The quantitative estimate of drug-likeness (QED) is 0.490. The van der Waals surface area contributed by atoms with Gasteiger partial charge in [-0.3, -0.25) is 14.9 Å². The molecule has 0 heterocycles. The molecule has 0 unspecified atom stereocenters. The third-order valence-electron chi connectivity index (χ3n) is 3.73. The van der Waals surface area contributed by atoms with Crippen LogP contribution < -0.4 is 5.32 Å². The fraction of sp³-hybridized carbons (Fsp3) is 0.278. The molecule has 0 atom stereocenters. The van der Waals surface area contributed by atoms with Crippen molar-refractivity contribution in [3.05, 3.63) is 62.7 Å². The number of carbonyl (C=O) groups excluding carboxylic acids is 1. The number of nitro benzene ring substituents is 1. The SMILES string of the molecule is Cc1cc(C)c(SCC(=O)Nc2cccc([N+](=O)[O-])c2C)c(C)c1. The van der Waals surface area contributed by atoms with E-state index in [9.17, 15) is 14.9 Å². The summed E-state index contributed by atoms with van der Waals surface area (Å²) in [6.07, 6.45) is 0. The largest absolute Gasteiger partial charge is 0.325 e. The van der Waals surface area contributed by atoms with Crippen LogP contribution in [0.15, 0.2) is 35.2 Å². The van der Waals surface area contributed by atoms with Crippen LogP contribution in [-0.2, 0) is 4.79 Å². The second-order valence-corrected chi connectivity index (χ2v) is 6.76. The summed E-state index contributed by atoms with van der Waals surface area (Å²) in [5, 5.41) is 13.7. The predicted molar refractivity (Wildman–Crippen MR) is 97.8 cm³/mol. The molecule has 0 radical (unpaired) electrons. The van der Waals surface area contributed by atoms with E-state index in [0.717, 1.165) is 16.0 Å². The first kappa shape index (κ1) is 18.0. The number of aryl methyl sites for hydroxylation is 3. The lowest BCUT2D eigenvalue weighted by Gasteiger charge is -2.12. The maximum absolute atomic E-state index is 12.2. The molecule has 2 aromatic carbocycles. The Hall–Kier alpha value is -2.34. The number of anilines is 1. The number of benzene rings is 2. The summed E-state index contributed by atoms with van der Waals surface area (Å²) in [7, 11) is 0. The molecule has 0 saturated carbocycles. The van der Waals surface area contributed by atoms with E-state index in [2.05, 4.69) is 17.4 Å². The minimum absolute atomic E-state index is 0.00526. The van der Waals surface area contributed by atoms with Gasteiger partial charge in [-0.25, -0.2) is 0 Å². The highest BCUT2D eigenvalue weighted by Gasteiger charge is 2.15. The number of amides is 1. The monoisotopic (exact) mass is 344 g/mol. The smallest absolute Gasteiger partial charge is 0.274 e. The van der Waals surface area contributed by atoms with E-state index < -0.39 is 4.92 Å². The van der Waals surface area contributed by atoms with Gasteiger partial charge >= 0.3 is 0 Å². The molecule has 2 rings (SSSR count). The van der Waals surface area contributed by atoms with Gasteiger partial charge in [-0.05, 0) is 44.9 Å². The number of nitrogens with zero attached hydrogens (tertiary/aromatic N) is 1. The van der Waals surface area contributed by atoms with Gasteiger partial charge in [0.05, 0.1) is 21.9 Å². The number of thioether (sulfide) groups is 1. The molecule has 5 nitrogen and oxygen atoms in total. The van der Waals surface area contributed by atoms with Crippen molar-refractivity contribution in [2.45, 2.75) is 32.6 Å². The second-order valence-electron chi connectivity index (χ2n) is 5.77. The number of hydrogen-bond donors (Lipinski definition) is 1. The van der Waals surface area contributed by atoms with Gasteiger partial charge in [-0.1, -0.05) is 23.8 Å². The zero-order valence-corrected chi connectivity index (χ0v) is 15.0. The maximum atomic E-state index is 12.2. The van der Waals surface area contributed by atoms with E-state index in [4.69, 9.17) is 0 Å². The summed E-state index contributed by atoms with van der Waals surface area (Å²) in [4.78, 5) is 23.8. The fourth-order valence-electron chi connectivity index (χ4n) is 2.68. The maximum Gasteiger partial charge on any atom is 0.274 e. The third-order valence-corrected chi connectivity index (χ3v) is 5.07. The van der Waals surface area contributed by atoms with Crippen LogP contribution in [0.3, 0.4) is 0 Å². The van der Waals surface area contributed by atoms with Crippen LogP contribution in [0.2, 0.25) is 0 Å². The Labute approximate surface area is 145 Å². The Balaban J connectivity index is 2.08. The standard InChI is InChI=1S/C18H20N2O3S/c1-11-8-12(2)18(13(3)9-11)24-10-17(21)19-15-6-5-7-16(14(15)4)20(22)23/h5-9H,10H2,1-4H3,(H,19,21). The van der Waals surface area contributed by atoms with Gasteiger partial charge in [0.2, 0.25) is 5.91 Å². The summed E-state index contributed by atoms with van der Waals surface area (Å²) in [6.45, 7) is 7.75. The zero-order valence-electron chi connectivity index (χ0n) is 14.2. The molecule has 0 fully saturated rings. The highest BCUT2D eigenvalue weighted by atomic mass is 32.2. The van der Waals surface area contributed by atoms with Crippen molar-refractivity contribution in [2.24, 2.45) is 0 Å². The molecule has 0 aromatic heterocycles. The van der Waals surface area contributed by atoms with Gasteiger partial charge in [-0.2, -0.15) is 0 Å². The Bertz CT molecular complexity index is 780. The molecule has 0 bridgehead atoms. The van der Waals surface area contributed by atoms with Crippen molar-refractivity contribution in [2.75, 3.05) is 11.1 Å². The van der Waals surface area contributed by atoms with E-state index in [1.165, 1.54) is 23.4 Å². The lowest BCUT2D eigenvalue weighted by atomic mass is 10.1. The normalized spacial score (nSPS) is 10.5. The predicted octanol–water partition coefficient (Wildman–Crippen LogP) is 4.56. The minimum Gasteiger partial charge on any atom is -0.325 e. The Morgan fingerprint density at radius 2 is 1.79 bits per heavy atom. The van der Waals surface area contributed by atoms with E-state index in [1.54, 1.807) is 19.1 Å². The first-order chi connectivity index (χ1) is 11.3. The molecule has 6 heteroatoms. The minimum atomic E-state index is -0.446. The molecule has 2 aromatic rings. The summed E-state index contributed by atoms with van der Waals surface area (Å²) < 4.78 is 0. The highest BCUT2D eigenvalue weighted by molar-refractivity contribution is 8.00. The van der Waals surface area contributed by atoms with Crippen LogP contribution in [0.4, 0.5) is 11.4 Å². The molecular formula is C18H20N2O3S. The van der Waals surface area contributed by atoms with Gasteiger partial charge in [-0.15, -0.1) is 11.8 Å².